The van der Waals surface area contributed by atoms with Gasteiger partial charge in [0.15, 0.2) is 0 Å². The predicted molar refractivity (Wildman–Crippen MR) is 156 cm³/mol. The third kappa shape index (κ3) is 6.05. The Morgan fingerprint density at radius 3 is 2.49 bits per heavy atom. The molecule has 7 nitrogen and oxygen atoms in total. The van der Waals surface area contributed by atoms with Crippen LogP contribution in [-0.4, -0.2) is 34.4 Å². The maximum absolute atomic E-state index is 14.1. The summed E-state index contributed by atoms with van der Waals surface area (Å²) in [7, 11) is 0. The first-order chi connectivity index (χ1) is 18.9. The molecule has 5 rings (SSSR count). The number of anilines is 2. The number of nitrogens with one attached hydrogen (secondary N) is 1. The van der Waals surface area contributed by atoms with Gasteiger partial charge in [0.1, 0.15) is 5.82 Å². The Hall–Kier alpha value is -3.55. The molecule has 202 valence electrons. The van der Waals surface area contributed by atoms with Crippen LogP contribution >= 0.6 is 23.2 Å². The average molecular weight is 566 g/mol. The van der Waals surface area contributed by atoms with E-state index in [1.54, 1.807) is 25.1 Å². The van der Waals surface area contributed by atoms with E-state index in [9.17, 15) is 9.59 Å². The zero-order chi connectivity index (χ0) is 27.4. The number of hydrogen-bond acceptors (Lipinski definition) is 4. The van der Waals surface area contributed by atoms with Crippen LogP contribution in [0.25, 0.3) is 16.6 Å². The lowest BCUT2D eigenvalue weighted by Gasteiger charge is -2.34. The monoisotopic (exact) mass is 564 g/mol. The number of hydrogen-bond donors (Lipinski definition) is 1. The summed E-state index contributed by atoms with van der Waals surface area (Å²) < 4.78 is 6.85. The molecule has 0 unspecified atom stereocenters. The van der Waals surface area contributed by atoms with Gasteiger partial charge in [0.2, 0.25) is 0 Å². The van der Waals surface area contributed by atoms with Crippen LogP contribution in [0.4, 0.5) is 16.3 Å². The number of rotatable bonds is 7. The minimum Gasteiger partial charge on any atom is -0.466 e. The minimum absolute atomic E-state index is 0.00762. The van der Waals surface area contributed by atoms with Crippen molar-refractivity contribution in [3.63, 3.8) is 0 Å². The molecular formula is C30H30Cl2N4O3. The van der Waals surface area contributed by atoms with Gasteiger partial charge in [-0.1, -0.05) is 60.7 Å². The molecule has 1 aliphatic carbocycles. The summed E-state index contributed by atoms with van der Waals surface area (Å²) in [6.07, 6.45) is 5.13. The zero-order valence-corrected chi connectivity index (χ0v) is 23.2. The molecule has 0 saturated heterocycles. The summed E-state index contributed by atoms with van der Waals surface area (Å²) in [4.78, 5) is 27.9. The molecule has 9 heteroatoms. The number of carbonyl (C=O) groups is 2. The number of fused-ring (bicyclic) bond motifs is 1. The van der Waals surface area contributed by atoms with E-state index in [4.69, 9.17) is 33.0 Å². The van der Waals surface area contributed by atoms with Gasteiger partial charge >= 0.3 is 12.0 Å². The number of aromatic nitrogens is 2. The summed E-state index contributed by atoms with van der Waals surface area (Å²) in [6, 6.07) is 20.1. The SMILES string of the molecule is CCOC(=O)Cc1ccc(NC(=O)N(c2c3ccccc3nn2-c2ccc(Cl)cc2)C2CCCCC2)c(Cl)c1. The maximum atomic E-state index is 14.1. The molecule has 0 bridgehead atoms. The third-order valence-corrected chi connectivity index (χ3v) is 7.50. The van der Waals surface area contributed by atoms with E-state index in [1.165, 1.54) is 0 Å². The van der Waals surface area contributed by atoms with Crippen molar-refractivity contribution in [1.29, 1.82) is 0 Å². The number of ether oxygens (including phenoxy) is 1. The standard InChI is InChI=1S/C30H30Cl2N4O3/c1-2-39-28(37)19-20-12-17-27(25(32)18-20)33-30(38)35(22-8-4-3-5-9-22)29-24-10-6-7-11-26(24)34-36(29)23-15-13-21(31)14-16-23/h6-7,10-18,22H,2-5,8-9,19H2,1H3,(H,33,38). The average Bonchev–Trinajstić information content (AvgIpc) is 3.31. The molecule has 1 aliphatic rings. The molecule has 1 saturated carbocycles. The van der Waals surface area contributed by atoms with Gasteiger partial charge in [-0.3, -0.25) is 9.69 Å². The highest BCUT2D eigenvalue weighted by Crippen LogP contribution is 2.36. The summed E-state index contributed by atoms with van der Waals surface area (Å²) >= 11 is 12.7. The van der Waals surface area contributed by atoms with Gasteiger partial charge in [0.25, 0.3) is 0 Å². The molecule has 39 heavy (non-hydrogen) atoms. The number of urea groups is 1. The second kappa shape index (κ2) is 12.1. The van der Waals surface area contributed by atoms with Gasteiger partial charge in [0, 0.05) is 16.5 Å². The number of esters is 1. The van der Waals surface area contributed by atoms with Gasteiger partial charge in [-0.25, -0.2) is 9.48 Å². The van der Waals surface area contributed by atoms with Gasteiger partial charge < -0.3 is 10.1 Å². The Kier molecular flexibility index (Phi) is 8.38. The Labute approximate surface area is 237 Å². The molecule has 0 aliphatic heterocycles. The second-order valence-corrected chi connectivity index (χ2v) is 10.5. The van der Waals surface area contributed by atoms with Crippen molar-refractivity contribution in [3.05, 3.63) is 82.3 Å². The molecule has 0 radical (unpaired) electrons. The first-order valence-electron chi connectivity index (χ1n) is 13.2. The van der Waals surface area contributed by atoms with Crippen molar-refractivity contribution in [1.82, 2.24) is 9.78 Å². The number of nitrogens with zero attached hydrogens (tertiary/aromatic N) is 3. The summed E-state index contributed by atoms with van der Waals surface area (Å²) in [5, 5.41) is 9.76. The predicted octanol–water partition coefficient (Wildman–Crippen LogP) is 7.81. The van der Waals surface area contributed by atoms with Crippen LogP contribution in [0.3, 0.4) is 0 Å². The molecule has 3 aromatic carbocycles. The highest BCUT2D eigenvalue weighted by Gasteiger charge is 2.32. The smallest absolute Gasteiger partial charge is 0.327 e. The Morgan fingerprint density at radius 2 is 1.77 bits per heavy atom. The van der Waals surface area contributed by atoms with Crippen LogP contribution in [0.2, 0.25) is 10.0 Å². The van der Waals surface area contributed by atoms with Crippen molar-refractivity contribution < 1.29 is 14.3 Å². The fraction of sp³-hybridized carbons (Fsp3) is 0.300. The highest BCUT2D eigenvalue weighted by molar-refractivity contribution is 6.34. The van der Waals surface area contributed by atoms with Gasteiger partial charge in [-0.15, -0.1) is 0 Å². The molecule has 0 spiro atoms. The topological polar surface area (TPSA) is 76.5 Å². The molecule has 1 fully saturated rings. The molecule has 0 atom stereocenters. The molecule has 1 N–H and O–H groups in total. The van der Waals surface area contributed by atoms with Crippen molar-refractivity contribution in [2.45, 2.75) is 51.5 Å². The fourth-order valence-corrected chi connectivity index (χ4v) is 5.49. The first-order valence-corrected chi connectivity index (χ1v) is 14.0. The highest BCUT2D eigenvalue weighted by atomic mass is 35.5. The lowest BCUT2D eigenvalue weighted by atomic mass is 9.94. The van der Waals surface area contributed by atoms with Crippen molar-refractivity contribution in [2.24, 2.45) is 0 Å². The van der Waals surface area contributed by atoms with E-state index in [0.717, 1.165) is 48.7 Å². The summed E-state index contributed by atoms with van der Waals surface area (Å²) in [5.74, 6) is 0.378. The lowest BCUT2D eigenvalue weighted by molar-refractivity contribution is -0.142. The second-order valence-electron chi connectivity index (χ2n) is 9.62. The first kappa shape index (κ1) is 27.0. The molecule has 4 aromatic rings. The van der Waals surface area contributed by atoms with E-state index >= 15 is 0 Å². The van der Waals surface area contributed by atoms with Gasteiger partial charge in [0.05, 0.1) is 34.9 Å². The fourth-order valence-electron chi connectivity index (χ4n) is 5.11. The van der Waals surface area contributed by atoms with E-state index in [-0.39, 0.29) is 24.5 Å². The van der Waals surface area contributed by atoms with Crippen molar-refractivity contribution >= 4 is 57.6 Å². The number of halogens is 2. The van der Waals surface area contributed by atoms with Crippen molar-refractivity contribution in [2.75, 3.05) is 16.8 Å². The third-order valence-electron chi connectivity index (χ3n) is 6.94. The van der Waals surface area contributed by atoms with Crippen molar-refractivity contribution in [3.8, 4) is 5.69 Å². The minimum atomic E-state index is -0.323. The normalized spacial score (nSPS) is 13.8. The lowest BCUT2D eigenvalue weighted by Crippen LogP contribution is -2.45. The van der Waals surface area contributed by atoms with Gasteiger partial charge in [-0.2, -0.15) is 5.10 Å². The van der Waals surface area contributed by atoms with Crippen LogP contribution in [0.15, 0.2) is 66.7 Å². The Balaban J connectivity index is 1.54. The van der Waals surface area contributed by atoms with Crippen LogP contribution in [-0.2, 0) is 16.0 Å². The number of amides is 2. The Morgan fingerprint density at radius 1 is 1.03 bits per heavy atom. The van der Waals surface area contributed by atoms with E-state index in [2.05, 4.69) is 5.32 Å². The number of carbonyl (C=O) groups excluding carboxylic acids is 2. The van der Waals surface area contributed by atoms with Crippen LogP contribution in [0.5, 0.6) is 0 Å². The Bertz CT molecular complexity index is 1480. The van der Waals surface area contributed by atoms with Gasteiger partial charge in [-0.05, 0) is 73.9 Å². The van der Waals surface area contributed by atoms with E-state index in [1.807, 2.05) is 58.1 Å². The van der Waals surface area contributed by atoms with E-state index < -0.39 is 0 Å². The molecule has 2 amide bonds. The van der Waals surface area contributed by atoms with Crippen LogP contribution in [0.1, 0.15) is 44.6 Å². The summed E-state index contributed by atoms with van der Waals surface area (Å²) in [5.41, 5.74) is 2.78. The van der Waals surface area contributed by atoms with E-state index in [0.29, 0.717) is 33.7 Å². The quantitative estimate of drug-likeness (QED) is 0.232. The summed E-state index contributed by atoms with van der Waals surface area (Å²) in [6.45, 7) is 2.09. The van der Waals surface area contributed by atoms with Crippen LogP contribution < -0.4 is 10.2 Å². The molecular weight excluding hydrogens is 535 g/mol. The largest absolute Gasteiger partial charge is 0.466 e. The zero-order valence-electron chi connectivity index (χ0n) is 21.7. The molecule has 1 aromatic heterocycles. The van der Waals surface area contributed by atoms with Crippen LogP contribution in [0, 0.1) is 0 Å². The maximum Gasteiger partial charge on any atom is 0.327 e. The number of benzene rings is 3. The molecule has 1 heterocycles.